The second-order valence-electron chi connectivity index (χ2n) is 8.94. The summed E-state index contributed by atoms with van der Waals surface area (Å²) in [5, 5.41) is 3.35. The maximum Gasteiger partial charge on any atom is 0.243 e. The molecule has 5 heteroatoms. The van der Waals surface area contributed by atoms with E-state index in [4.69, 9.17) is 0 Å². The molecule has 1 N–H and O–H groups in total. The predicted octanol–water partition coefficient (Wildman–Crippen LogP) is 2.77. The quantitative estimate of drug-likeness (QED) is 0.843. The first-order valence-electron chi connectivity index (χ1n) is 8.95. The van der Waals surface area contributed by atoms with Crippen LogP contribution in [-0.2, 0) is 9.59 Å². The lowest BCUT2D eigenvalue weighted by Crippen LogP contribution is -2.55. The number of nitrogens with zero attached hydrogens (tertiary/aromatic N) is 1. The highest BCUT2D eigenvalue weighted by molar-refractivity contribution is 8.01. The SMILES string of the molecule is CC1(C)[C@H]2CC[C@@]1(C)[C@H](NC(=O)[C@@H]1CS[C@@]3(C)CCC(=O)N13)C2. The zero-order valence-electron chi connectivity index (χ0n) is 14.6. The van der Waals surface area contributed by atoms with Crippen molar-refractivity contribution >= 4 is 23.6 Å². The van der Waals surface area contributed by atoms with E-state index < -0.39 is 0 Å². The zero-order valence-corrected chi connectivity index (χ0v) is 15.5. The number of carbonyl (C=O) groups excluding carboxylic acids is 2. The summed E-state index contributed by atoms with van der Waals surface area (Å²) >= 11 is 1.77. The van der Waals surface area contributed by atoms with E-state index in [1.54, 1.807) is 11.8 Å². The molecule has 2 aliphatic carbocycles. The number of amides is 2. The van der Waals surface area contributed by atoms with E-state index in [1.165, 1.54) is 12.8 Å². The zero-order chi connectivity index (χ0) is 16.6. The number of hydrogen-bond donors (Lipinski definition) is 1. The van der Waals surface area contributed by atoms with Gasteiger partial charge in [0.05, 0.1) is 4.87 Å². The molecule has 2 saturated heterocycles. The minimum absolute atomic E-state index is 0.0750. The monoisotopic (exact) mass is 336 g/mol. The number of nitrogens with one attached hydrogen (secondary N) is 1. The Balaban J connectivity index is 1.51. The fourth-order valence-corrected chi connectivity index (χ4v) is 7.14. The first kappa shape index (κ1) is 15.8. The molecule has 0 aromatic carbocycles. The summed E-state index contributed by atoms with van der Waals surface area (Å²) in [5.74, 6) is 1.68. The van der Waals surface area contributed by atoms with Crippen LogP contribution in [0.4, 0.5) is 0 Å². The first-order chi connectivity index (χ1) is 10.7. The van der Waals surface area contributed by atoms with E-state index >= 15 is 0 Å². The van der Waals surface area contributed by atoms with Crippen molar-refractivity contribution in [3.8, 4) is 0 Å². The Morgan fingerprint density at radius 1 is 1.26 bits per heavy atom. The number of thioether (sulfide) groups is 1. The third-order valence-corrected chi connectivity index (χ3v) is 9.36. The molecule has 0 spiro atoms. The largest absolute Gasteiger partial charge is 0.351 e. The molecule has 2 heterocycles. The normalized spacial score (nSPS) is 47.2. The van der Waals surface area contributed by atoms with Crippen LogP contribution >= 0.6 is 11.8 Å². The standard InChI is InChI=1S/C18H28N2O2S/c1-16(2)11-5-7-17(16,3)13(9-11)19-15(22)12-10-23-18(4)8-6-14(21)20(12)18/h11-13H,5-10H2,1-4H3,(H,19,22)/t11-,12-,13+,17-,18-/m0/s1. The van der Waals surface area contributed by atoms with Gasteiger partial charge in [-0.15, -0.1) is 11.8 Å². The van der Waals surface area contributed by atoms with Crippen LogP contribution in [-0.4, -0.2) is 39.4 Å². The highest BCUT2D eigenvalue weighted by Crippen LogP contribution is 2.65. The molecule has 0 aromatic rings. The van der Waals surface area contributed by atoms with Crippen LogP contribution < -0.4 is 5.32 Å². The smallest absolute Gasteiger partial charge is 0.243 e. The maximum absolute atomic E-state index is 12.9. The highest BCUT2D eigenvalue weighted by Gasteiger charge is 2.62. The summed E-state index contributed by atoms with van der Waals surface area (Å²) in [6.45, 7) is 9.18. The molecule has 4 nitrogen and oxygen atoms in total. The van der Waals surface area contributed by atoms with Crippen LogP contribution in [0.1, 0.15) is 59.8 Å². The van der Waals surface area contributed by atoms with Gasteiger partial charge in [0.2, 0.25) is 11.8 Å². The van der Waals surface area contributed by atoms with E-state index in [1.807, 2.05) is 4.90 Å². The van der Waals surface area contributed by atoms with Crippen molar-refractivity contribution in [2.75, 3.05) is 5.75 Å². The van der Waals surface area contributed by atoms with Gasteiger partial charge < -0.3 is 10.2 Å². The van der Waals surface area contributed by atoms with Crippen LogP contribution in [0.5, 0.6) is 0 Å². The van der Waals surface area contributed by atoms with Gasteiger partial charge >= 0.3 is 0 Å². The molecule has 2 aliphatic heterocycles. The van der Waals surface area contributed by atoms with Crippen molar-refractivity contribution in [3.05, 3.63) is 0 Å². The molecule has 2 amide bonds. The molecule has 0 unspecified atom stereocenters. The van der Waals surface area contributed by atoms with Crippen molar-refractivity contribution in [3.63, 3.8) is 0 Å². The molecule has 4 aliphatic rings. The average Bonchev–Trinajstić information content (AvgIpc) is 3.09. The number of fused-ring (bicyclic) bond motifs is 3. The Labute approximate surface area is 143 Å². The first-order valence-corrected chi connectivity index (χ1v) is 9.94. The molecule has 128 valence electrons. The van der Waals surface area contributed by atoms with E-state index in [9.17, 15) is 9.59 Å². The molecule has 4 fully saturated rings. The lowest BCUT2D eigenvalue weighted by Gasteiger charge is -2.40. The third kappa shape index (κ3) is 1.92. The van der Waals surface area contributed by atoms with Gasteiger partial charge in [0.15, 0.2) is 0 Å². The highest BCUT2D eigenvalue weighted by atomic mass is 32.2. The van der Waals surface area contributed by atoms with Gasteiger partial charge in [-0.25, -0.2) is 0 Å². The van der Waals surface area contributed by atoms with Crippen LogP contribution in [0.2, 0.25) is 0 Å². The minimum Gasteiger partial charge on any atom is -0.351 e. The van der Waals surface area contributed by atoms with Gasteiger partial charge in [0.1, 0.15) is 6.04 Å². The minimum atomic E-state index is -0.272. The lowest BCUT2D eigenvalue weighted by atomic mass is 9.69. The number of carbonyl (C=O) groups is 2. The predicted molar refractivity (Wildman–Crippen MR) is 91.9 cm³/mol. The van der Waals surface area contributed by atoms with Gasteiger partial charge in [0, 0.05) is 18.2 Å². The fraction of sp³-hybridized carbons (Fsp3) is 0.889. The molecule has 5 atom stereocenters. The molecular weight excluding hydrogens is 308 g/mol. The van der Waals surface area contributed by atoms with E-state index in [-0.39, 0.29) is 34.2 Å². The molecule has 23 heavy (non-hydrogen) atoms. The van der Waals surface area contributed by atoms with Gasteiger partial charge in [-0.3, -0.25) is 9.59 Å². The molecule has 4 rings (SSSR count). The van der Waals surface area contributed by atoms with Crippen molar-refractivity contribution in [2.24, 2.45) is 16.7 Å². The summed E-state index contributed by atoms with van der Waals surface area (Å²) in [4.78, 5) is 26.9. The Morgan fingerprint density at radius 3 is 2.61 bits per heavy atom. The molecular formula is C18H28N2O2S. The molecule has 2 bridgehead atoms. The Hall–Kier alpha value is -0.710. The summed E-state index contributed by atoms with van der Waals surface area (Å²) in [6, 6.07) is -0.0100. The number of rotatable bonds is 2. The van der Waals surface area contributed by atoms with E-state index in [0.29, 0.717) is 11.8 Å². The van der Waals surface area contributed by atoms with Crippen LogP contribution in [0.3, 0.4) is 0 Å². The van der Waals surface area contributed by atoms with Gasteiger partial charge in [-0.1, -0.05) is 20.8 Å². The number of hydrogen-bond acceptors (Lipinski definition) is 3. The Kier molecular flexibility index (Phi) is 3.21. The van der Waals surface area contributed by atoms with Crippen LogP contribution in [0.15, 0.2) is 0 Å². The van der Waals surface area contributed by atoms with E-state index in [2.05, 4.69) is 33.0 Å². The molecule has 2 saturated carbocycles. The summed E-state index contributed by atoms with van der Waals surface area (Å²) in [7, 11) is 0. The summed E-state index contributed by atoms with van der Waals surface area (Å²) in [6.07, 6.45) is 5.05. The van der Waals surface area contributed by atoms with Crippen LogP contribution in [0, 0.1) is 16.7 Å². The van der Waals surface area contributed by atoms with Crippen molar-refractivity contribution in [2.45, 2.75) is 76.8 Å². The van der Waals surface area contributed by atoms with Crippen molar-refractivity contribution < 1.29 is 9.59 Å². The van der Waals surface area contributed by atoms with Gasteiger partial charge in [-0.2, -0.15) is 0 Å². The van der Waals surface area contributed by atoms with Crippen LogP contribution in [0.25, 0.3) is 0 Å². The molecule has 0 aromatic heterocycles. The van der Waals surface area contributed by atoms with E-state index in [0.717, 1.165) is 24.5 Å². The second-order valence-corrected chi connectivity index (χ2v) is 10.4. The topological polar surface area (TPSA) is 49.4 Å². The van der Waals surface area contributed by atoms with Crippen molar-refractivity contribution in [1.82, 2.24) is 10.2 Å². The Morgan fingerprint density at radius 2 is 2.00 bits per heavy atom. The molecule has 0 radical (unpaired) electrons. The lowest BCUT2D eigenvalue weighted by molar-refractivity contribution is -0.138. The Bertz CT molecular complexity index is 577. The summed E-state index contributed by atoms with van der Waals surface area (Å²) in [5.41, 5.74) is 0.491. The van der Waals surface area contributed by atoms with Crippen molar-refractivity contribution in [1.29, 1.82) is 0 Å². The van der Waals surface area contributed by atoms with Gasteiger partial charge in [0.25, 0.3) is 0 Å². The third-order valence-electron chi connectivity index (χ3n) is 7.86. The fourth-order valence-electron chi connectivity index (χ4n) is 5.70. The second kappa shape index (κ2) is 4.68. The maximum atomic E-state index is 12.9. The average molecular weight is 337 g/mol. The summed E-state index contributed by atoms with van der Waals surface area (Å²) < 4.78 is 0. The van der Waals surface area contributed by atoms with Gasteiger partial charge in [-0.05, 0) is 49.4 Å².